The lowest BCUT2D eigenvalue weighted by Crippen LogP contribution is -2.31. The van der Waals surface area contributed by atoms with E-state index in [-0.39, 0.29) is 18.6 Å². The maximum atomic E-state index is 11.8. The Morgan fingerprint density at radius 3 is 2.95 bits per heavy atom. The van der Waals surface area contributed by atoms with E-state index in [2.05, 4.69) is 47.4 Å². The van der Waals surface area contributed by atoms with E-state index in [9.17, 15) is 4.79 Å². The van der Waals surface area contributed by atoms with Crippen molar-refractivity contribution in [2.24, 2.45) is 0 Å². The monoisotopic (exact) mass is 401 g/mol. The van der Waals surface area contributed by atoms with Crippen LogP contribution in [0.15, 0.2) is 39.5 Å². The van der Waals surface area contributed by atoms with Gasteiger partial charge < -0.3 is 10.1 Å². The molecule has 0 saturated carbocycles. The quantitative estimate of drug-likeness (QED) is 0.806. The van der Waals surface area contributed by atoms with Gasteiger partial charge in [-0.05, 0) is 41.1 Å². The highest BCUT2D eigenvalue weighted by Crippen LogP contribution is 2.28. The number of hydrogen-bond donors (Lipinski definition) is 2. The third-order valence-corrected chi connectivity index (χ3v) is 3.76. The fraction of sp³-hybridized carbons (Fsp3) is 0.231. The molecule has 0 bridgehead atoms. The zero-order valence-corrected chi connectivity index (χ0v) is 13.9. The van der Waals surface area contributed by atoms with Gasteiger partial charge in [0.1, 0.15) is 5.75 Å². The van der Waals surface area contributed by atoms with Crippen LogP contribution >= 0.6 is 31.9 Å². The van der Waals surface area contributed by atoms with E-state index in [0.29, 0.717) is 5.75 Å². The topological polar surface area (TPSA) is 67.0 Å². The number of hydrogen-bond acceptors (Lipinski definition) is 3. The highest BCUT2D eigenvalue weighted by molar-refractivity contribution is 9.11. The Bertz CT molecular complexity index is 587. The second kappa shape index (κ2) is 6.90. The van der Waals surface area contributed by atoms with E-state index in [1.54, 1.807) is 18.5 Å². The van der Waals surface area contributed by atoms with Gasteiger partial charge in [0.25, 0.3) is 5.91 Å². The van der Waals surface area contributed by atoms with Crippen LogP contribution in [0.4, 0.5) is 0 Å². The molecule has 1 unspecified atom stereocenters. The highest BCUT2D eigenvalue weighted by atomic mass is 79.9. The summed E-state index contributed by atoms with van der Waals surface area (Å²) < 4.78 is 7.20. The molecule has 1 aromatic heterocycles. The van der Waals surface area contributed by atoms with Crippen LogP contribution < -0.4 is 10.1 Å². The van der Waals surface area contributed by atoms with Crippen molar-refractivity contribution in [1.29, 1.82) is 0 Å². The van der Waals surface area contributed by atoms with Gasteiger partial charge in [-0.25, -0.2) is 0 Å². The normalized spacial score (nSPS) is 11.9. The number of carbonyl (C=O) groups excluding carboxylic acids is 1. The largest absolute Gasteiger partial charge is 0.483 e. The van der Waals surface area contributed by atoms with Gasteiger partial charge in [-0.1, -0.05) is 15.9 Å². The second-order valence-electron chi connectivity index (χ2n) is 4.18. The minimum atomic E-state index is -0.187. The fourth-order valence-electron chi connectivity index (χ4n) is 1.60. The van der Waals surface area contributed by atoms with Gasteiger partial charge in [0.2, 0.25) is 0 Å². The summed E-state index contributed by atoms with van der Waals surface area (Å²) in [5.41, 5.74) is 0.920. The van der Waals surface area contributed by atoms with Crippen LogP contribution in [0.3, 0.4) is 0 Å². The van der Waals surface area contributed by atoms with Crippen molar-refractivity contribution in [3.8, 4) is 5.75 Å². The van der Waals surface area contributed by atoms with Crippen LogP contribution in [0.2, 0.25) is 0 Å². The lowest BCUT2D eigenvalue weighted by atomic mass is 10.2. The number of ether oxygens (including phenoxy) is 1. The summed E-state index contributed by atoms with van der Waals surface area (Å²) in [5.74, 6) is 0.438. The molecular formula is C13H13Br2N3O2. The molecule has 106 valence electrons. The molecule has 1 heterocycles. The van der Waals surface area contributed by atoms with Crippen LogP contribution in [-0.2, 0) is 4.79 Å². The van der Waals surface area contributed by atoms with E-state index in [0.717, 1.165) is 14.5 Å². The summed E-state index contributed by atoms with van der Waals surface area (Å²) >= 11 is 6.74. The molecular weight excluding hydrogens is 390 g/mol. The predicted molar refractivity (Wildman–Crippen MR) is 82.5 cm³/mol. The molecule has 1 amide bonds. The molecule has 2 rings (SSSR count). The number of carbonyl (C=O) groups is 1. The Hall–Kier alpha value is -1.34. The van der Waals surface area contributed by atoms with Gasteiger partial charge in [-0.2, -0.15) is 5.10 Å². The van der Waals surface area contributed by atoms with Gasteiger partial charge in [0, 0.05) is 16.2 Å². The van der Waals surface area contributed by atoms with Gasteiger partial charge in [0.05, 0.1) is 16.7 Å². The lowest BCUT2D eigenvalue weighted by Gasteiger charge is -2.13. The van der Waals surface area contributed by atoms with E-state index in [1.807, 2.05) is 19.1 Å². The molecule has 20 heavy (non-hydrogen) atoms. The predicted octanol–water partition coefficient (Wildman–Crippen LogP) is 3.19. The van der Waals surface area contributed by atoms with Gasteiger partial charge in [-0.3, -0.25) is 9.89 Å². The molecule has 0 saturated heterocycles. The maximum absolute atomic E-state index is 11.8. The van der Waals surface area contributed by atoms with Crippen LogP contribution in [0, 0.1) is 0 Å². The first-order chi connectivity index (χ1) is 9.56. The number of benzene rings is 1. The standard InChI is InChI=1S/C13H13Br2N3O2/c1-8(9-5-16-17-6-9)18-13(19)7-20-12-3-2-10(14)4-11(12)15/h2-6,8H,7H2,1H3,(H,16,17)(H,18,19). The minimum absolute atomic E-state index is 0.0393. The number of nitrogens with zero attached hydrogens (tertiary/aromatic N) is 1. The van der Waals surface area contributed by atoms with Crippen molar-refractivity contribution in [2.45, 2.75) is 13.0 Å². The van der Waals surface area contributed by atoms with Gasteiger partial charge in [0.15, 0.2) is 6.61 Å². The lowest BCUT2D eigenvalue weighted by molar-refractivity contribution is -0.123. The van der Waals surface area contributed by atoms with Gasteiger partial charge in [-0.15, -0.1) is 0 Å². The SMILES string of the molecule is CC(NC(=O)COc1ccc(Br)cc1Br)c1cn[nH]c1. The van der Waals surface area contributed by atoms with E-state index >= 15 is 0 Å². The molecule has 2 N–H and O–H groups in total. The summed E-state index contributed by atoms with van der Waals surface area (Å²) in [6, 6.07) is 5.40. The summed E-state index contributed by atoms with van der Waals surface area (Å²) in [4.78, 5) is 11.8. The summed E-state index contributed by atoms with van der Waals surface area (Å²) in [7, 11) is 0. The second-order valence-corrected chi connectivity index (χ2v) is 5.95. The summed E-state index contributed by atoms with van der Waals surface area (Å²) in [6.45, 7) is 1.85. The Kier molecular flexibility index (Phi) is 5.19. The number of rotatable bonds is 5. The molecule has 7 heteroatoms. The van der Waals surface area contributed by atoms with Crippen molar-refractivity contribution in [3.05, 3.63) is 45.1 Å². The Morgan fingerprint density at radius 1 is 1.50 bits per heavy atom. The number of aromatic nitrogens is 2. The molecule has 2 aromatic rings. The Morgan fingerprint density at radius 2 is 2.30 bits per heavy atom. The molecule has 1 aromatic carbocycles. The molecule has 0 spiro atoms. The van der Waals surface area contributed by atoms with Crippen LogP contribution in [0.1, 0.15) is 18.5 Å². The third kappa shape index (κ3) is 4.08. The smallest absolute Gasteiger partial charge is 0.258 e. The Labute approximate surface area is 133 Å². The van der Waals surface area contributed by atoms with Crippen molar-refractivity contribution >= 4 is 37.8 Å². The minimum Gasteiger partial charge on any atom is -0.483 e. The van der Waals surface area contributed by atoms with Crippen molar-refractivity contribution in [2.75, 3.05) is 6.61 Å². The molecule has 0 aliphatic heterocycles. The molecule has 0 fully saturated rings. The molecule has 0 radical (unpaired) electrons. The number of halogens is 2. The van der Waals surface area contributed by atoms with Crippen molar-refractivity contribution < 1.29 is 9.53 Å². The Balaban J connectivity index is 1.86. The van der Waals surface area contributed by atoms with Crippen LogP contribution in [0.25, 0.3) is 0 Å². The number of aromatic amines is 1. The fourth-order valence-corrected chi connectivity index (χ4v) is 2.76. The van der Waals surface area contributed by atoms with Crippen LogP contribution in [0.5, 0.6) is 5.75 Å². The van der Waals surface area contributed by atoms with Crippen molar-refractivity contribution in [1.82, 2.24) is 15.5 Å². The molecule has 0 aliphatic rings. The first kappa shape index (κ1) is 15.1. The first-order valence-electron chi connectivity index (χ1n) is 5.92. The molecule has 0 aliphatic carbocycles. The highest BCUT2D eigenvalue weighted by Gasteiger charge is 2.11. The number of nitrogens with one attached hydrogen (secondary N) is 2. The van der Waals surface area contributed by atoms with E-state index < -0.39 is 0 Å². The molecule has 1 atom stereocenters. The maximum Gasteiger partial charge on any atom is 0.258 e. The zero-order chi connectivity index (χ0) is 14.5. The van der Waals surface area contributed by atoms with Crippen molar-refractivity contribution in [3.63, 3.8) is 0 Å². The van der Waals surface area contributed by atoms with Crippen LogP contribution in [-0.4, -0.2) is 22.7 Å². The third-order valence-electron chi connectivity index (χ3n) is 2.65. The zero-order valence-electron chi connectivity index (χ0n) is 10.7. The van der Waals surface area contributed by atoms with Gasteiger partial charge >= 0.3 is 0 Å². The van der Waals surface area contributed by atoms with E-state index in [1.165, 1.54) is 0 Å². The summed E-state index contributed by atoms with van der Waals surface area (Å²) in [6.07, 6.45) is 3.42. The average Bonchev–Trinajstić information content (AvgIpc) is 2.91. The summed E-state index contributed by atoms with van der Waals surface area (Å²) in [5, 5.41) is 9.39. The molecule has 5 nitrogen and oxygen atoms in total. The number of amides is 1. The average molecular weight is 403 g/mol. The first-order valence-corrected chi connectivity index (χ1v) is 7.51. The van der Waals surface area contributed by atoms with E-state index in [4.69, 9.17) is 4.74 Å². The number of H-pyrrole nitrogens is 1.